The molecule has 3 unspecified atom stereocenters. The third kappa shape index (κ3) is 2.61. The zero-order valence-corrected chi connectivity index (χ0v) is 10.9. The molecule has 3 atom stereocenters. The van der Waals surface area contributed by atoms with Crippen LogP contribution in [0.5, 0.6) is 0 Å². The predicted octanol–water partition coefficient (Wildman–Crippen LogP) is 2.82. The Morgan fingerprint density at radius 3 is 2.68 bits per heavy atom. The van der Waals surface area contributed by atoms with Crippen molar-refractivity contribution >= 4 is 5.97 Å². The van der Waals surface area contributed by atoms with Gasteiger partial charge in [-0.2, -0.15) is 0 Å². The first-order valence-corrected chi connectivity index (χ1v) is 6.35. The zero-order valence-electron chi connectivity index (χ0n) is 10.9. The number of carboxylic acids is 1. The molecule has 1 aliphatic heterocycles. The van der Waals surface area contributed by atoms with Crippen molar-refractivity contribution in [3.05, 3.63) is 35.4 Å². The Morgan fingerprint density at radius 1 is 1.47 bits per heavy atom. The maximum atomic E-state index is 13.8. The second-order valence-corrected chi connectivity index (χ2v) is 5.05. The van der Waals surface area contributed by atoms with Crippen LogP contribution in [0.15, 0.2) is 18.2 Å². The van der Waals surface area contributed by atoms with Crippen LogP contribution in [0.1, 0.15) is 31.9 Å². The highest BCUT2D eigenvalue weighted by Gasteiger charge is 2.38. The van der Waals surface area contributed by atoms with Gasteiger partial charge in [-0.15, -0.1) is 0 Å². The number of nitrogens with zero attached hydrogens (tertiary/aromatic N) is 1. The molecule has 0 spiro atoms. The number of halogens is 2. The van der Waals surface area contributed by atoms with Crippen molar-refractivity contribution in [1.29, 1.82) is 0 Å². The van der Waals surface area contributed by atoms with Gasteiger partial charge in [-0.25, -0.2) is 8.78 Å². The van der Waals surface area contributed by atoms with E-state index in [4.69, 9.17) is 5.11 Å². The van der Waals surface area contributed by atoms with Crippen molar-refractivity contribution in [3.8, 4) is 0 Å². The fourth-order valence-corrected chi connectivity index (χ4v) is 2.86. The molecular formula is C14H17F2NO2. The number of likely N-dealkylation sites (tertiary alicyclic amines) is 1. The number of benzene rings is 1. The van der Waals surface area contributed by atoms with Crippen LogP contribution in [-0.4, -0.2) is 28.6 Å². The molecule has 5 heteroatoms. The van der Waals surface area contributed by atoms with Crippen LogP contribution in [0.3, 0.4) is 0 Å². The van der Waals surface area contributed by atoms with E-state index in [0.717, 1.165) is 6.07 Å². The highest BCUT2D eigenvalue weighted by atomic mass is 19.1. The van der Waals surface area contributed by atoms with Crippen molar-refractivity contribution in [1.82, 2.24) is 4.90 Å². The molecule has 3 nitrogen and oxygen atoms in total. The Labute approximate surface area is 110 Å². The molecule has 19 heavy (non-hydrogen) atoms. The molecule has 0 bridgehead atoms. The Bertz CT molecular complexity index is 492. The second-order valence-electron chi connectivity index (χ2n) is 5.05. The largest absolute Gasteiger partial charge is 0.481 e. The highest BCUT2D eigenvalue weighted by Crippen LogP contribution is 2.33. The van der Waals surface area contributed by atoms with E-state index in [1.165, 1.54) is 12.1 Å². The first-order valence-electron chi connectivity index (χ1n) is 6.35. The van der Waals surface area contributed by atoms with Gasteiger partial charge < -0.3 is 5.11 Å². The van der Waals surface area contributed by atoms with E-state index in [1.807, 2.05) is 18.7 Å². The Morgan fingerprint density at radius 2 is 2.16 bits per heavy atom. The Hall–Kier alpha value is -1.49. The number of carbonyl (C=O) groups is 1. The smallest absolute Gasteiger partial charge is 0.308 e. The van der Waals surface area contributed by atoms with E-state index in [2.05, 4.69) is 0 Å². The van der Waals surface area contributed by atoms with Gasteiger partial charge in [-0.05, 0) is 32.9 Å². The van der Waals surface area contributed by atoms with Gasteiger partial charge in [0.15, 0.2) is 0 Å². The van der Waals surface area contributed by atoms with Crippen LogP contribution in [-0.2, 0) is 4.79 Å². The summed E-state index contributed by atoms with van der Waals surface area (Å²) in [5, 5.41) is 9.09. The lowest BCUT2D eigenvalue weighted by Gasteiger charge is -2.30. The standard InChI is InChI=1S/C14H17F2NO2/c1-8(11-4-3-10(15)7-13(11)16)17-6-5-12(9(17)2)14(18)19/h3-4,7-9,12H,5-6H2,1-2H3,(H,18,19). The Kier molecular flexibility index (Phi) is 3.85. The van der Waals surface area contributed by atoms with Gasteiger partial charge >= 0.3 is 5.97 Å². The molecule has 0 aromatic heterocycles. The molecule has 0 aliphatic carbocycles. The summed E-state index contributed by atoms with van der Waals surface area (Å²) in [7, 11) is 0. The van der Waals surface area contributed by atoms with Crippen LogP contribution in [0.25, 0.3) is 0 Å². The van der Waals surface area contributed by atoms with Gasteiger partial charge in [-0.1, -0.05) is 6.07 Å². The number of hydrogen-bond donors (Lipinski definition) is 1. The molecule has 1 aromatic rings. The maximum absolute atomic E-state index is 13.8. The molecule has 1 aliphatic rings. The van der Waals surface area contributed by atoms with Gasteiger partial charge in [0.1, 0.15) is 11.6 Å². The molecule has 1 heterocycles. The van der Waals surface area contributed by atoms with Crippen molar-refractivity contribution < 1.29 is 18.7 Å². The normalized spacial score (nSPS) is 25.5. The van der Waals surface area contributed by atoms with Crippen molar-refractivity contribution in [2.45, 2.75) is 32.4 Å². The fraction of sp³-hybridized carbons (Fsp3) is 0.500. The molecule has 104 valence electrons. The number of aliphatic carboxylic acids is 1. The van der Waals surface area contributed by atoms with E-state index in [9.17, 15) is 13.6 Å². The monoisotopic (exact) mass is 269 g/mol. The first-order chi connectivity index (χ1) is 8.91. The minimum Gasteiger partial charge on any atom is -0.481 e. The summed E-state index contributed by atoms with van der Waals surface area (Å²) in [5.41, 5.74) is 0.402. The molecule has 0 radical (unpaired) electrons. The molecule has 1 saturated heterocycles. The topological polar surface area (TPSA) is 40.5 Å². The summed E-state index contributed by atoms with van der Waals surface area (Å²) in [6.45, 7) is 4.26. The van der Waals surface area contributed by atoms with Crippen molar-refractivity contribution in [2.75, 3.05) is 6.54 Å². The summed E-state index contributed by atoms with van der Waals surface area (Å²) >= 11 is 0. The van der Waals surface area contributed by atoms with Crippen LogP contribution in [0.2, 0.25) is 0 Å². The van der Waals surface area contributed by atoms with Crippen molar-refractivity contribution in [3.63, 3.8) is 0 Å². The molecule has 0 amide bonds. The van der Waals surface area contributed by atoms with Gasteiger partial charge in [0.2, 0.25) is 0 Å². The number of hydrogen-bond acceptors (Lipinski definition) is 2. The SMILES string of the molecule is CC(c1ccc(F)cc1F)N1CCC(C(=O)O)C1C. The van der Waals surface area contributed by atoms with E-state index < -0.39 is 23.5 Å². The van der Waals surface area contributed by atoms with Gasteiger partial charge in [0.05, 0.1) is 5.92 Å². The second kappa shape index (κ2) is 5.25. The minimum atomic E-state index is -0.818. The maximum Gasteiger partial charge on any atom is 0.308 e. The van der Waals surface area contributed by atoms with E-state index in [0.29, 0.717) is 18.5 Å². The molecule has 0 saturated carbocycles. The van der Waals surface area contributed by atoms with Gasteiger partial charge in [-0.3, -0.25) is 9.69 Å². The summed E-state index contributed by atoms with van der Waals surface area (Å²) in [6.07, 6.45) is 0.559. The lowest BCUT2D eigenvalue weighted by molar-refractivity contribution is -0.142. The zero-order chi connectivity index (χ0) is 14.2. The van der Waals surface area contributed by atoms with E-state index in [1.54, 1.807) is 0 Å². The fourth-order valence-electron chi connectivity index (χ4n) is 2.86. The van der Waals surface area contributed by atoms with Crippen LogP contribution in [0, 0.1) is 17.6 Å². The first kappa shape index (κ1) is 13.9. The van der Waals surface area contributed by atoms with E-state index in [-0.39, 0.29) is 12.1 Å². The van der Waals surface area contributed by atoms with Crippen molar-refractivity contribution in [2.24, 2.45) is 5.92 Å². The Balaban J connectivity index is 2.20. The van der Waals surface area contributed by atoms with Crippen LogP contribution in [0.4, 0.5) is 8.78 Å². The summed E-state index contributed by atoms with van der Waals surface area (Å²) in [5.74, 6) is -2.43. The van der Waals surface area contributed by atoms with Gasteiger partial charge in [0, 0.05) is 23.7 Å². The highest BCUT2D eigenvalue weighted by molar-refractivity contribution is 5.71. The summed E-state index contributed by atoms with van der Waals surface area (Å²) in [4.78, 5) is 13.0. The quantitative estimate of drug-likeness (QED) is 0.917. The molecular weight excluding hydrogens is 252 g/mol. The third-order valence-corrected chi connectivity index (χ3v) is 4.03. The summed E-state index contributed by atoms with van der Waals surface area (Å²) in [6, 6.07) is 3.10. The number of carboxylic acid groups (broad SMARTS) is 1. The average molecular weight is 269 g/mol. The van der Waals surface area contributed by atoms with E-state index >= 15 is 0 Å². The lowest BCUT2D eigenvalue weighted by atomic mass is 10.0. The summed E-state index contributed by atoms with van der Waals surface area (Å²) < 4.78 is 26.7. The van der Waals surface area contributed by atoms with Gasteiger partial charge in [0.25, 0.3) is 0 Å². The average Bonchev–Trinajstić information content (AvgIpc) is 2.70. The van der Waals surface area contributed by atoms with Crippen LogP contribution < -0.4 is 0 Å². The molecule has 1 N–H and O–H groups in total. The lowest BCUT2D eigenvalue weighted by Crippen LogP contribution is -2.35. The molecule has 2 rings (SSSR count). The third-order valence-electron chi connectivity index (χ3n) is 4.03. The van der Waals surface area contributed by atoms with Crippen LogP contribution >= 0.6 is 0 Å². The number of rotatable bonds is 3. The molecule has 1 aromatic carbocycles. The predicted molar refractivity (Wildman–Crippen MR) is 66.7 cm³/mol. The molecule has 1 fully saturated rings. The minimum absolute atomic E-state index is 0.156.